The van der Waals surface area contributed by atoms with Crippen molar-refractivity contribution in [1.82, 2.24) is 14.8 Å². The summed E-state index contributed by atoms with van der Waals surface area (Å²) < 4.78 is 2.68. The Balaban J connectivity index is 1.94. The summed E-state index contributed by atoms with van der Waals surface area (Å²) in [4.78, 5) is 5.29. The van der Waals surface area contributed by atoms with Gasteiger partial charge in [-0.15, -0.1) is 11.3 Å². The molecular formula is C8H9BrN4S. The quantitative estimate of drug-likeness (QED) is 0.932. The maximum atomic E-state index is 4.21. The predicted molar refractivity (Wildman–Crippen MR) is 60.3 cm³/mol. The minimum atomic E-state index is 0.764. The van der Waals surface area contributed by atoms with Crippen LogP contribution in [0.5, 0.6) is 0 Å². The highest BCUT2D eigenvalue weighted by atomic mass is 79.9. The number of nitrogens with zero attached hydrogens (tertiary/aromatic N) is 3. The fraction of sp³-hybridized carbons (Fsp3) is 0.250. The van der Waals surface area contributed by atoms with Gasteiger partial charge in [-0.3, -0.25) is 4.68 Å². The Labute approximate surface area is 94.1 Å². The van der Waals surface area contributed by atoms with Crippen LogP contribution in [-0.4, -0.2) is 14.8 Å². The molecule has 2 rings (SSSR count). The van der Waals surface area contributed by atoms with Crippen molar-refractivity contribution in [1.29, 1.82) is 0 Å². The first-order valence-electron chi connectivity index (χ1n) is 4.08. The smallest absolute Gasteiger partial charge is 0.159 e. The van der Waals surface area contributed by atoms with Gasteiger partial charge in [0, 0.05) is 30.4 Å². The molecule has 2 aromatic heterocycles. The van der Waals surface area contributed by atoms with E-state index in [1.165, 1.54) is 4.88 Å². The molecule has 0 atom stereocenters. The molecule has 0 aliphatic carbocycles. The zero-order valence-electron chi connectivity index (χ0n) is 7.57. The molecular weight excluding hydrogens is 264 g/mol. The Morgan fingerprint density at radius 1 is 1.64 bits per heavy atom. The van der Waals surface area contributed by atoms with Gasteiger partial charge >= 0.3 is 0 Å². The van der Waals surface area contributed by atoms with Crippen LogP contribution >= 0.6 is 27.3 Å². The van der Waals surface area contributed by atoms with Crippen molar-refractivity contribution in [3.63, 3.8) is 0 Å². The third kappa shape index (κ3) is 2.33. The zero-order chi connectivity index (χ0) is 9.97. The van der Waals surface area contributed by atoms with Crippen LogP contribution in [0.2, 0.25) is 0 Å². The summed E-state index contributed by atoms with van der Waals surface area (Å²) in [6.07, 6.45) is 3.76. The highest BCUT2D eigenvalue weighted by Crippen LogP contribution is 2.19. The van der Waals surface area contributed by atoms with Gasteiger partial charge in [-0.2, -0.15) is 5.10 Å². The van der Waals surface area contributed by atoms with Crippen LogP contribution in [0.3, 0.4) is 0 Å². The van der Waals surface area contributed by atoms with Crippen LogP contribution < -0.4 is 5.32 Å². The number of rotatable bonds is 3. The Bertz CT molecular complexity index is 382. The number of hydrogen-bond acceptors (Lipinski definition) is 4. The van der Waals surface area contributed by atoms with Crippen molar-refractivity contribution in [2.24, 2.45) is 7.05 Å². The Morgan fingerprint density at radius 2 is 2.50 bits per heavy atom. The van der Waals surface area contributed by atoms with Crippen molar-refractivity contribution >= 4 is 33.1 Å². The summed E-state index contributed by atoms with van der Waals surface area (Å²) in [5, 5.41) is 7.42. The topological polar surface area (TPSA) is 42.7 Å². The molecule has 0 bridgehead atoms. The van der Waals surface area contributed by atoms with Gasteiger partial charge in [0.2, 0.25) is 0 Å². The third-order valence-corrected chi connectivity index (χ3v) is 3.16. The monoisotopic (exact) mass is 272 g/mol. The van der Waals surface area contributed by atoms with E-state index in [0.717, 1.165) is 16.3 Å². The lowest BCUT2D eigenvalue weighted by atomic mass is 10.5. The molecule has 0 aliphatic rings. The molecule has 0 spiro atoms. The fourth-order valence-electron chi connectivity index (χ4n) is 1.05. The van der Waals surface area contributed by atoms with Crippen LogP contribution in [0.25, 0.3) is 0 Å². The normalized spacial score (nSPS) is 10.4. The molecule has 1 N–H and O–H groups in total. The van der Waals surface area contributed by atoms with Gasteiger partial charge in [0.1, 0.15) is 5.82 Å². The Morgan fingerprint density at radius 3 is 3.07 bits per heavy atom. The average Bonchev–Trinajstić information content (AvgIpc) is 2.72. The molecule has 0 saturated carbocycles. The number of aromatic nitrogens is 3. The molecule has 74 valence electrons. The van der Waals surface area contributed by atoms with Crippen molar-refractivity contribution in [2.45, 2.75) is 6.54 Å². The minimum Gasteiger partial charge on any atom is -0.364 e. The average molecular weight is 273 g/mol. The summed E-state index contributed by atoms with van der Waals surface area (Å²) in [5.41, 5.74) is 0. The predicted octanol–water partition coefficient (Wildman–Crippen LogP) is 2.25. The maximum absolute atomic E-state index is 4.21. The molecule has 0 aromatic carbocycles. The maximum Gasteiger partial charge on any atom is 0.159 e. The van der Waals surface area contributed by atoms with E-state index in [1.54, 1.807) is 16.0 Å². The first-order chi connectivity index (χ1) is 6.74. The number of aryl methyl sites for hydroxylation is 1. The summed E-state index contributed by atoms with van der Waals surface area (Å²) in [6.45, 7) is 0.764. The summed E-state index contributed by atoms with van der Waals surface area (Å²) in [7, 11) is 1.90. The van der Waals surface area contributed by atoms with Crippen LogP contribution in [-0.2, 0) is 13.6 Å². The van der Waals surface area contributed by atoms with Crippen LogP contribution in [0.1, 0.15) is 4.88 Å². The van der Waals surface area contributed by atoms with E-state index in [4.69, 9.17) is 0 Å². The van der Waals surface area contributed by atoms with E-state index < -0.39 is 0 Å². The third-order valence-electron chi connectivity index (χ3n) is 1.68. The van der Waals surface area contributed by atoms with E-state index in [1.807, 2.05) is 25.5 Å². The van der Waals surface area contributed by atoms with Gasteiger partial charge in [0.15, 0.2) is 3.92 Å². The minimum absolute atomic E-state index is 0.764. The second-order valence-electron chi connectivity index (χ2n) is 2.81. The first-order valence-corrected chi connectivity index (χ1v) is 5.69. The van der Waals surface area contributed by atoms with Gasteiger partial charge in [0.25, 0.3) is 0 Å². The standard InChI is InChI=1S/C8H9BrN4S/c1-13-3-2-7(12-13)10-4-6-5-11-8(9)14-6/h2-3,5H,4H2,1H3,(H,10,12). The molecule has 0 saturated heterocycles. The number of hydrogen-bond donors (Lipinski definition) is 1. The summed E-state index contributed by atoms with van der Waals surface area (Å²) >= 11 is 4.94. The number of thiazole rings is 1. The lowest BCUT2D eigenvalue weighted by Gasteiger charge is -1.98. The van der Waals surface area contributed by atoms with E-state index in [9.17, 15) is 0 Å². The van der Waals surface area contributed by atoms with Gasteiger partial charge in [-0.05, 0) is 15.9 Å². The van der Waals surface area contributed by atoms with Gasteiger partial charge < -0.3 is 5.32 Å². The van der Waals surface area contributed by atoms with E-state index >= 15 is 0 Å². The Hall–Kier alpha value is -0.880. The molecule has 0 aliphatic heterocycles. The molecule has 2 aromatic rings. The zero-order valence-corrected chi connectivity index (χ0v) is 9.97. The van der Waals surface area contributed by atoms with Gasteiger partial charge in [0.05, 0.1) is 6.54 Å². The van der Waals surface area contributed by atoms with E-state index in [-0.39, 0.29) is 0 Å². The number of anilines is 1. The molecule has 0 amide bonds. The van der Waals surface area contributed by atoms with Crippen LogP contribution in [0.4, 0.5) is 5.82 Å². The van der Waals surface area contributed by atoms with E-state index in [2.05, 4.69) is 31.3 Å². The van der Waals surface area contributed by atoms with Crippen molar-refractivity contribution in [3.05, 3.63) is 27.3 Å². The van der Waals surface area contributed by atoms with Crippen molar-refractivity contribution in [2.75, 3.05) is 5.32 Å². The molecule has 0 radical (unpaired) electrons. The van der Waals surface area contributed by atoms with Gasteiger partial charge in [-0.25, -0.2) is 4.98 Å². The second kappa shape index (κ2) is 4.10. The highest BCUT2D eigenvalue weighted by molar-refractivity contribution is 9.11. The largest absolute Gasteiger partial charge is 0.364 e. The molecule has 2 heterocycles. The summed E-state index contributed by atoms with van der Waals surface area (Å²) in [6, 6.07) is 1.94. The molecule has 6 heteroatoms. The molecule has 14 heavy (non-hydrogen) atoms. The molecule has 0 fully saturated rings. The van der Waals surface area contributed by atoms with Crippen LogP contribution in [0, 0.1) is 0 Å². The van der Waals surface area contributed by atoms with Crippen LogP contribution in [0.15, 0.2) is 22.4 Å². The van der Waals surface area contributed by atoms with Crippen molar-refractivity contribution in [3.8, 4) is 0 Å². The lowest BCUT2D eigenvalue weighted by Crippen LogP contribution is -1.98. The van der Waals surface area contributed by atoms with Crippen molar-refractivity contribution < 1.29 is 0 Å². The SMILES string of the molecule is Cn1ccc(NCc2cnc(Br)s2)n1. The fourth-order valence-corrected chi connectivity index (χ4v) is 2.35. The number of halogens is 1. The van der Waals surface area contributed by atoms with Gasteiger partial charge in [-0.1, -0.05) is 0 Å². The number of nitrogens with one attached hydrogen (secondary N) is 1. The summed E-state index contributed by atoms with van der Waals surface area (Å²) in [5.74, 6) is 0.886. The lowest BCUT2D eigenvalue weighted by molar-refractivity contribution is 0.768. The first kappa shape index (κ1) is 9.67. The molecule has 0 unspecified atom stereocenters. The second-order valence-corrected chi connectivity index (χ2v) is 5.20. The molecule has 4 nitrogen and oxygen atoms in total. The van der Waals surface area contributed by atoms with E-state index in [0.29, 0.717) is 0 Å². The highest BCUT2D eigenvalue weighted by Gasteiger charge is 2.00. The Kier molecular flexibility index (Phi) is 2.83.